The van der Waals surface area contributed by atoms with Crippen LogP contribution in [0.15, 0.2) is 18.2 Å². The number of para-hydroxylation sites is 1. The third-order valence-electron chi connectivity index (χ3n) is 2.92. The Morgan fingerprint density at radius 1 is 1.29 bits per heavy atom. The fourth-order valence-corrected chi connectivity index (χ4v) is 2.69. The Kier molecular flexibility index (Phi) is 4.61. The lowest BCUT2D eigenvalue weighted by atomic mass is 9.81. The zero-order valence-electron chi connectivity index (χ0n) is 13.2. The summed E-state index contributed by atoms with van der Waals surface area (Å²) < 4.78 is 0. The Hall–Kier alpha value is -2.11. The standard InChI is InChI=1S/C15H23N3O3/c1-14(2,3)9-15(4,5)17-13(19)10-7-6-8-11(16)12(10)18(20)21/h6-8H,9,16H2,1-5H3,(H,17,19). The minimum Gasteiger partial charge on any atom is -0.393 e. The Morgan fingerprint density at radius 3 is 2.33 bits per heavy atom. The highest BCUT2D eigenvalue weighted by atomic mass is 16.6. The first-order chi connectivity index (χ1) is 9.43. The summed E-state index contributed by atoms with van der Waals surface area (Å²) in [4.78, 5) is 22.8. The molecule has 0 spiro atoms. The molecule has 3 N–H and O–H groups in total. The summed E-state index contributed by atoms with van der Waals surface area (Å²) in [6.45, 7) is 10.0. The number of hydrogen-bond donors (Lipinski definition) is 2. The number of nitrogens with one attached hydrogen (secondary N) is 1. The van der Waals surface area contributed by atoms with Crippen molar-refractivity contribution in [2.75, 3.05) is 5.73 Å². The van der Waals surface area contributed by atoms with Gasteiger partial charge in [0.1, 0.15) is 11.3 Å². The molecule has 1 amide bonds. The predicted octanol–water partition coefficient (Wildman–Crippen LogP) is 3.12. The number of amides is 1. The first kappa shape index (κ1) is 16.9. The van der Waals surface area contributed by atoms with Crippen LogP contribution in [-0.2, 0) is 0 Å². The Labute approximate surface area is 124 Å². The van der Waals surface area contributed by atoms with E-state index < -0.39 is 16.4 Å². The molecular weight excluding hydrogens is 270 g/mol. The molecule has 0 aliphatic rings. The van der Waals surface area contributed by atoms with Crippen molar-refractivity contribution in [3.8, 4) is 0 Å². The number of carbonyl (C=O) groups is 1. The Bertz CT molecular complexity index is 560. The van der Waals surface area contributed by atoms with Crippen molar-refractivity contribution < 1.29 is 9.72 Å². The molecule has 0 saturated carbocycles. The normalized spacial score (nSPS) is 12.0. The van der Waals surface area contributed by atoms with E-state index in [-0.39, 0.29) is 22.4 Å². The number of nitro benzene ring substituents is 1. The minimum atomic E-state index is -0.624. The molecule has 0 aromatic heterocycles. The summed E-state index contributed by atoms with van der Waals surface area (Å²) in [5, 5.41) is 13.9. The van der Waals surface area contributed by atoms with E-state index in [0.717, 1.165) is 6.42 Å². The van der Waals surface area contributed by atoms with E-state index in [4.69, 9.17) is 5.73 Å². The summed E-state index contributed by atoms with van der Waals surface area (Å²) in [6, 6.07) is 4.36. The molecule has 0 bridgehead atoms. The van der Waals surface area contributed by atoms with Gasteiger partial charge >= 0.3 is 5.69 Å². The molecule has 0 aliphatic heterocycles. The van der Waals surface area contributed by atoms with Crippen LogP contribution in [0.1, 0.15) is 51.4 Å². The van der Waals surface area contributed by atoms with Crippen molar-refractivity contribution in [2.45, 2.75) is 46.6 Å². The summed E-state index contributed by atoms with van der Waals surface area (Å²) in [5.41, 5.74) is 4.78. The molecule has 0 atom stereocenters. The van der Waals surface area contributed by atoms with Crippen LogP contribution >= 0.6 is 0 Å². The van der Waals surface area contributed by atoms with Crippen molar-refractivity contribution >= 4 is 17.3 Å². The van der Waals surface area contributed by atoms with Crippen molar-refractivity contribution in [2.24, 2.45) is 5.41 Å². The van der Waals surface area contributed by atoms with Gasteiger partial charge in [-0.15, -0.1) is 0 Å². The third-order valence-corrected chi connectivity index (χ3v) is 2.92. The maximum Gasteiger partial charge on any atom is 0.304 e. The van der Waals surface area contributed by atoms with Crippen LogP contribution in [0, 0.1) is 15.5 Å². The van der Waals surface area contributed by atoms with Gasteiger partial charge in [-0.25, -0.2) is 0 Å². The van der Waals surface area contributed by atoms with Crippen molar-refractivity contribution in [1.82, 2.24) is 5.32 Å². The highest BCUT2D eigenvalue weighted by molar-refractivity contribution is 6.00. The maximum atomic E-state index is 12.4. The summed E-state index contributed by atoms with van der Waals surface area (Å²) >= 11 is 0. The molecule has 116 valence electrons. The summed E-state index contributed by atoms with van der Waals surface area (Å²) in [6.07, 6.45) is 0.738. The molecule has 6 nitrogen and oxygen atoms in total. The third kappa shape index (κ3) is 4.73. The number of carbonyl (C=O) groups excluding carboxylic acids is 1. The molecule has 0 unspecified atom stereocenters. The number of nitrogens with two attached hydrogens (primary N) is 1. The van der Waals surface area contributed by atoms with Crippen molar-refractivity contribution in [3.05, 3.63) is 33.9 Å². The first-order valence-corrected chi connectivity index (χ1v) is 6.78. The van der Waals surface area contributed by atoms with Gasteiger partial charge in [0, 0.05) is 5.54 Å². The van der Waals surface area contributed by atoms with Gasteiger partial charge in [-0.3, -0.25) is 14.9 Å². The zero-order chi connectivity index (χ0) is 16.4. The smallest absolute Gasteiger partial charge is 0.304 e. The van der Waals surface area contributed by atoms with Crippen LogP contribution in [-0.4, -0.2) is 16.4 Å². The van der Waals surface area contributed by atoms with Crippen LogP contribution in [0.4, 0.5) is 11.4 Å². The lowest BCUT2D eigenvalue weighted by Crippen LogP contribution is -2.46. The Balaban J connectivity index is 3.06. The highest BCUT2D eigenvalue weighted by Gasteiger charge is 2.30. The van der Waals surface area contributed by atoms with E-state index >= 15 is 0 Å². The van der Waals surface area contributed by atoms with Gasteiger partial charge in [0.15, 0.2) is 0 Å². The van der Waals surface area contributed by atoms with E-state index in [9.17, 15) is 14.9 Å². The Morgan fingerprint density at radius 2 is 1.86 bits per heavy atom. The average molecular weight is 293 g/mol. The highest BCUT2D eigenvalue weighted by Crippen LogP contribution is 2.29. The SMILES string of the molecule is CC(C)(C)CC(C)(C)NC(=O)c1cccc(N)c1[N+](=O)[O-]. The minimum absolute atomic E-state index is 0.0121. The van der Waals surface area contributed by atoms with Crippen molar-refractivity contribution in [1.29, 1.82) is 0 Å². The van der Waals surface area contributed by atoms with Gasteiger partial charge in [0.25, 0.3) is 5.91 Å². The molecular formula is C15H23N3O3. The van der Waals surface area contributed by atoms with Gasteiger partial charge in [-0.05, 0) is 37.8 Å². The summed E-state index contributed by atoms with van der Waals surface area (Å²) in [7, 11) is 0. The number of rotatable bonds is 4. The molecule has 0 aliphatic carbocycles. The average Bonchev–Trinajstić information content (AvgIpc) is 2.23. The second kappa shape index (κ2) is 5.71. The second-order valence-corrected chi connectivity index (χ2v) is 7.08. The fraction of sp³-hybridized carbons (Fsp3) is 0.533. The van der Waals surface area contributed by atoms with E-state index in [1.54, 1.807) is 0 Å². The number of benzene rings is 1. The number of nitrogens with zero attached hydrogens (tertiary/aromatic N) is 1. The van der Waals surface area contributed by atoms with Crippen LogP contribution in [0.3, 0.4) is 0 Å². The fourth-order valence-electron chi connectivity index (χ4n) is 2.69. The lowest BCUT2D eigenvalue weighted by molar-refractivity contribution is -0.384. The van der Waals surface area contributed by atoms with Crippen LogP contribution in [0.5, 0.6) is 0 Å². The van der Waals surface area contributed by atoms with Crippen molar-refractivity contribution in [3.63, 3.8) is 0 Å². The summed E-state index contributed by atoms with van der Waals surface area (Å²) in [5.74, 6) is -0.483. The van der Waals surface area contributed by atoms with E-state index in [1.165, 1.54) is 18.2 Å². The number of nitrogen functional groups attached to an aromatic ring is 1. The van der Waals surface area contributed by atoms with Gasteiger partial charge in [0.2, 0.25) is 0 Å². The first-order valence-electron chi connectivity index (χ1n) is 6.78. The largest absolute Gasteiger partial charge is 0.393 e. The molecule has 1 aromatic carbocycles. The molecule has 0 radical (unpaired) electrons. The molecule has 0 saturated heterocycles. The van der Waals surface area contributed by atoms with E-state index in [0.29, 0.717) is 0 Å². The van der Waals surface area contributed by atoms with Crippen LogP contribution in [0.25, 0.3) is 0 Å². The van der Waals surface area contributed by atoms with Gasteiger partial charge in [0.05, 0.1) is 4.92 Å². The molecule has 0 heterocycles. The van der Waals surface area contributed by atoms with Crippen LogP contribution in [0.2, 0.25) is 0 Å². The number of anilines is 1. The zero-order valence-corrected chi connectivity index (χ0v) is 13.2. The predicted molar refractivity (Wildman–Crippen MR) is 83.1 cm³/mol. The molecule has 0 fully saturated rings. The maximum absolute atomic E-state index is 12.4. The number of hydrogen-bond acceptors (Lipinski definition) is 4. The van der Waals surface area contributed by atoms with Gasteiger partial charge < -0.3 is 11.1 Å². The molecule has 21 heavy (non-hydrogen) atoms. The molecule has 1 aromatic rings. The van der Waals surface area contributed by atoms with Gasteiger partial charge in [-0.2, -0.15) is 0 Å². The molecule has 1 rings (SSSR count). The van der Waals surface area contributed by atoms with Gasteiger partial charge in [-0.1, -0.05) is 26.8 Å². The monoisotopic (exact) mass is 293 g/mol. The second-order valence-electron chi connectivity index (χ2n) is 7.08. The lowest BCUT2D eigenvalue weighted by Gasteiger charge is -2.33. The number of nitro groups is 1. The van der Waals surface area contributed by atoms with Crippen LogP contribution < -0.4 is 11.1 Å². The van der Waals surface area contributed by atoms with E-state index in [2.05, 4.69) is 26.1 Å². The molecule has 6 heteroatoms. The van der Waals surface area contributed by atoms with E-state index in [1.807, 2.05) is 13.8 Å². The quantitative estimate of drug-likeness (QED) is 0.506. The topological polar surface area (TPSA) is 98.3 Å².